The summed E-state index contributed by atoms with van der Waals surface area (Å²) in [5.74, 6) is -0.621. The van der Waals surface area contributed by atoms with Crippen LogP contribution in [0.25, 0.3) is 0 Å². The first-order valence-electron chi connectivity index (χ1n) is 8.79. The van der Waals surface area contributed by atoms with E-state index in [2.05, 4.69) is 22.1 Å². The molecule has 2 aromatic rings. The zero-order chi connectivity index (χ0) is 18.9. The van der Waals surface area contributed by atoms with Crippen molar-refractivity contribution in [1.29, 1.82) is 0 Å². The fourth-order valence-corrected chi connectivity index (χ4v) is 2.39. The van der Waals surface area contributed by atoms with Crippen molar-refractivity contribution in [2.75, 3.05) is 30.4 Å². The predicted octanol–water partition coefficient (Wildman–Crippen LogP) is 3.75. The van der Waals surface area contributed by atoms with Crippen LogP contribution in [0.1, 0.15) is 47.4 Å². The molecule has 26 heavy (non-hydrogen) atoms. The molecule has 0 unspecified atom stereocenters. The maximum atomic E-state index is 12.5. The van der Waals surface area contributed by atoms with E-state index in [9.17, 15) is 9.59 Å². The van der Waals surface area contributed by atoms with Crippen LogP contribution in [0.3, 0.4) is 0 Å². The van der Waals surface area contributed by atoms with E-state index >= 15 is 0 Å². The minimum absolute atomic E-state index is 0.243. The molecule has 1 aromatic heterocycles. The average Bonchev–Trinajstić information content (AvgIpc) is 2.67. The number of nitrogens with zero attached hydrogens (tertiary/aromatic N) is 2. The zero-order valence-corrected chi connectivity index (χ0v) is 15.5. The molecular formula is C20H25N3O3. The normalized spacial score (nSPS) is 10.3. The number of carbonyl (C=O) groups is 2. The largest absolute Gasteiger partial charge is 0.462 e. The fourth-order valence-electron chi connectivity index (χ4n) is 2.39. The second-order valence-corrected chi connectivity index (χ2v) is 5.96. The maximum Gasteiger partial charge on any atom is 0.338 e. The molecule has 1 aromatic carbocycles. The van der Waals surface area contributed by atoms with Gasteiger partial charge in [0, 0.05) is 25.5 Å². The standard InChI is InChI=1S/C20H25N3O3/c1-4-6-11-23(3)18-12-16(13-21-14-18)19(24)22-17-9-7-15(8-10-17)20(25)26-5-2/h7-10,12-14H,4-6,11H2,1-3H3,(H,22,24). The number of aromatic nitrogens is 1. The van der Waals surface area contributed by atoms with Crippen LogP contribution in [0.4, 0.5) is 11.4 Å². The lowest BCUT2D eigenvalue weighted by atomic mass is 10.2. The Labute approximate surface area is 154 Å². The van der Waals surface area contributed by atoms with Gasteiger partial charge in [-0.2, -0.15) is 0 Å². The van der Waals surface area contributed by atoms with E-state index in [4.69, 9.17) is 4.74 Å². The van der Waals surface area contributed by atoms with Gasteiger partial charge in [0.1, 0.15) is 0 Å². The zero-order valence-electron chi connectivity index (χ0n) is 15.5. The first-order chi connectivity index (χ1) is 12.5. The van der Waals surface area contributed by atoms with Crippen molar-refractivity contribution < 1.29 is 14.3 Å². The Bertz CT molecular complexity index is 744. The molecule has 6 heteroatoms. The van der Waals surface area contributed by atoms with Crippen LogP contribution < -0.4 is 10.2 Å². The summed E-state index contributed by atoms with van der Waals surface area (Å²) < 4.78 is 4.94. The van der Waals surface area contributed by atoms with Gasteiger partial charge in [-0.1, -0.05) is 13.3 Å². The molecule has 0 aliphatic carbocycles. The summed E-state index contributed by atoms with van der Waals surface area (Å²) in [5.41, 5.74) is 2.45. The third-order valence-corrected chi connectivity index (χ3v) is 3.93. The number of hydrogen-bond acceptors (Lipinski definition) is 5. The van der Waals surface area contributed by atoms with Crippen molar-refractivity contribution in [2.45, 2.75) is 26.7 Å². The number of hydrogen-bond donors (Lipinski definition) is 1. The highest BCUT2D eigenvalue weighted by molar-refractivity contribution is 6.04. The van der Waals surface area contributed by atoms with Gasteiger partial charge >= 0.3 is 5.97 Å². The summed E-state index contributed by atoms with van der Waals surface area (Å²) in [4.78, 5) is 30.4. The highest BCUT2D eigenvalue weighted by Gasteiger charge is 2.11. The van der Waals surface area contributed by atoms with Gasteiger partial charge in [0.2, 0.25) is 0 Å². The Hall–Kier alpha value is -2.89. The number of ether oxygens (including phenoxy) is 1. The van der Waals surface area contributed by atoms with Crippen molar-refractivity contribution in [3.8, 4) is 0 Å². The SMILES string of the molecule is CCCCN(C)c1cncc(C(=O)Nc2ccc(C(=O)OCC)cc2)c1. The molecule has 138 valence electrons. The van der Waals surface area contributed by atoms with Crippen molar-refractivity contribution in [3.05, 3.63) is 53.9 Å². The van der Waals surface area contributed by atoms with E-state index in [-0.39, 0.29) is 11.9 Å². The highest BCUT2D eigenvalue weighted by Crippen LogP contribution is 2.16. The second kappa shape index (κ2) is 9.56. The number of pyridine rings is 1. The third kappa shape index (κ3) is 5.31. The quantitative estimate of drug-likeness (QED) is 0.730. The average molecular weight is 355 g/mol. The summed E-state index contributed by atoms with van der Waals surface area (Å²) >= 11 is 0. The number of esters is 1. The minimum atomic E-state index is -0.377. The van der Waals surface area contributed by atoms with Crippen LogP contribution in [0.5, 0.6) is 0 Å². The lowest BCUT2D eigenvalue weighted by Crippen LogP contribution is -2.20. The van der Waals surface area contributed by atoms with Gasteiger partial charge < -0.3 is 15.0 Å². The first kappa shape index (κ1) is 19.4. The lowest BCUT2D eigenvalue weighted by molar-refractivity contribution is 0.0526. The van der Waals surface area contributed by atoms with Crippen LogP contribution in [-0.4, -0.2) is 37.1 Å². The van der Waals surface area contributed by atoms with Crippen LogP contribution in [0.2, 0.25) is 0 Å². The number of anilines is 2. The van der Waals surface area contributed by atoms with Crippen molar-refractivity contribution in [1.82, 2.24) is 4.98 Å². The molecular weight excluding hydrogens is 330 g/mol. The summed E-state index contributed by atoms with van der Waals surface area (Å²) in [5, 5.41) is 2.82. The first-order valence-corrected chi connectivity index (χ1v) is 8.79. The molecule has 0 atom stereocenters. The van der Waals surface area contributed by atoms with Gasteiger partial charge in [-0.05, 0) is 43.7 Å². The number of rotatable bonds is 8. The van der Waals surface area contributed by atoms with E-state index in [0.717, 1.165) is 25.1 Å². The molecule has 0 aliphatic rings. The summed E-state index contributed by atoms with van der Waals surface area (Å²) in [6.45, 7) is 5.14. The van der Waals surface area contributed by atoms with E-state index in [1.54, 1.807) is 43.6 Å². The Balaban J connectivity index is 2.04. The summed E-state index contributed by atoms with van der Waals surface area (Å²) in [6, 6.07) is 8.43. The van der Waals surface area contributed by atoms with Crippen LogP contribution in [-0.2, 0) is 4.74 Å². The summed E-state index contributed by atoms with van der Waals surface area (Å²) in [6.07, 6.45) is 5.49. The van der Waals surface area contributed by atoms with Crippen molar-refractivity contribution in [3.63, 3.8) is 0 Å². The van der Waals surface area contributed by atoms with Gasteiger partial charge in [-0.15, -0.1) is 0 Å². The Morgan fingerprint density at radius 1 is 1.12 bits per heavy atom. The second-order valence-electron chi connectivity index (χ2n) is 5.96. The monoisotopic (exact) mass is 355 g/mol. The number of benzene rings is 1. The molecule has 0 radical (unpaired) electrons. The third-order valence-electron chi connectivity index (χ3n) is 3.93. The van der Waals surface area contributed by atoms with Gasteiger partial charge in [0.05, 0.1) is 29.6 Å². The molecule has 0 fully saturated rings. The van der Waals surface area contributed by atoms with Gasteiger partial charge in [-0.25, -0.2) is 4.79 Å². The predicted molar refractivity (Wildman–Crippen MR) is 103 cm³/mol. The Morgan fingerprint density at radius 3 is 2.50 bits per heavy atom. The number of unbranched alkanes of at least 4 members (excludes halogenated alkanes) is 1. The molecule has 1 heterocycles. The number of carbonyl (C=O) groups excluding carboxylic acids is 2. The number of amides is 1. The molecule has 2 rings (SSSR count). The summed E-state index contributed by atoms with van der Waals surface area (Å²) in [7, 11) is 1.99. The van der Waals surface area contributed by atoms with Gasteiger partial charge in [-0.3, -0.25) is 9.78 Å². The molecule has 6 nitrogen and oxygen atoms in total. The molecule has 1 N–H and O–H groups in total. The molecule has 1 amide bonds. The highest BCUT2D eigenvalue weighted by atomic mass is 16.5. The van der Waals surface area contributed by atoms with Crippen molar-refractivity contribution >= 4 is 23.3 Å². The molecule has 0 aliphatic heterocycles. The van der Waals surface area contributed by atoms with Crippen LogP contribution in [0.15, 0.2) is 42.7 Å². The van der Waals surface area contributed by atoms with E-state index in [0.29, 0.717) is 23.4 Å². The molecule has 0 saturated carbocycles. The van der Waals surface area contributed by atoms with Gasteiger partial charge in [0.15, 0.2) is 0 Å². The minimum Gasteiger partial charge on any atom is -0.462 e. The molecule has 0 saturated heterocycles. The van der Waals surface area contributed by atoms with Crippen LogP contribution in [0, 0.1) is 0 Å². The van der Waals surface area contributed by atoms with Gasteiger partial charge in [0.25, 0.3) is 5.91 Å². The molecule has 0 bridgehead atoms. The van der Waals surface area contributed by atoms with Crippen LogP contribution >= 0.6 is 0 Å². The van der Waals surface area contributed by atoms with E-state index < -0.39 is 0 Å². The Morgan fingerprint density at radius 2 is 1.85 bits per heavy atom. The van der Waals surface area contributed by atoms with Crippen molar-refractivity contribution in [2.24, 2.45) is 0 Å². The topological polar surface area (TPSA) is 71.5 Å². The smallest absolute Gasteiger partial charge is 0.338 e. The Kier molecular flexibility index (Phi) is 7.14. The number of nitrogens with one attached hydrogen (secondary N) is 1. The maximum absolute atomic E-state index is 12.5. The van der Waals surface area contributed by atoms with E-state index in [1.807, 2.05) is 13.1 Å². The fraction of sp³-hybridized carbons (Fsp3) is 0.350. The lowest BCUT2D eigenvalue weighted by Gasteiger charge is -2.19. The molecule has 0 spiro atoms. The van der Waals surface area contributed by atoms with E-state index in [1.165, 1.54) is 0 Å².